The van der Waals surface area contributed by atoms with Crippen molar-refractivity contribution in [2.24, 2.45) is 0 Å². The number of benzene rings is 2. The predicted octanol–water partition coefficient (Wildman–Crippen LogP) is 2.41. The van der Waals surface area contributed by atoms with Gasteiger partial charge in [0.25, 0.3) is 23.4 Å². The summed E-state index contributed by atoms with van der Waals surface area (Å²) in [5, 5.41) is 13.2. The number of non-ortho nitro benzene ring substituents is 1. The highest BCUT2D eigenvalue weighted by Crippen LogP contribution is 2.27. The molecule has 0 saturated heterocycles. The van der Waals surface area contributed by atoms with Crippen LogP contribution < -0.4 is 5.32 Å². The molecule has 0 radical (unpaired) electrons. The van der Waals surface area contributed by atoms with Crippen molar-refractivity contribution < 1.29 is 28.8 Å². The molecule has 0 bridgehead atoms. The molecule has 1 atom stereocenters. The Kier molecular flexibility index (Phi) is 5.79. The highest BCUT2D eigenvalue weighted by Gasteiger charge is 2.41. The Morgan fingerprint density at radius 3 is 2.33 bits per heavy atom. The maximum Gasteiger partial charge on any atom is 0.329 e. The first-order chi connectivity index (χ1) is 14.2. The molecule has 1 aliphatic heterocycles. The fourth-order valence-electron chi connectivity index (χ4n) is 2.83. The van der Waals surface area contributed by atoms with E-state index in [1.807, 2.05) is 0 Å². The van der Waals surface area contributed by atoms with Gasteiger partial charge >= 0.3 is 5.97 Å². The molecular weight excluding hydrogens is 418 g/mol. The molecule has 2 aromatic carbocycles. The van der Waals surface area contributed by atoms with Crippen molar-refractivity contribution in [1.29, 1.82) is 0 Å². The highest BCUT2D eigenvalue weighted by molar-refractivity contribution is 6.33. The number of fused-ring (bicyclic) bond motifs is 1. The summed E-state index contributed by atoms with van der Waals surface area (Å²) in [6.45, 7) is 0.560. The molecule has 3 rings (SSSR count). The van der Waals surface area contributed by atoms with Crippen LogP contribution in [0.25, 0.3) is 0 Å². The molecule has 11 heteroatoms. The number of imide groups is 1. The smallest absolute Gasteiger partial charge is 0.329 e. The van der Waals surface area contributed by atoms with Crippen LogP contribution in [0.15, 0.2) is 42.5 Å². The Bertz CT molecular complexity index is 1050. The first kappa shape index (κ1) is 20.9. The summed E-state index contributed by atoms with van der Waals surface area (Å²) in [4.78, 5) is 60.1. The van der Waals surface area contributed by atoms with Crippen LogP contribution in [-0.4, -0.2) is 46.2 Å². The summed E-state index contributed by atoms with van der Waals surface area (Å²) in [5.74, 6) is -3.04. The Balaban J connectivity index is 1.61. The zero-order valence-electron chi connectivity index (χ0n) is 15.5. The molecule has 30 heavy (non-hydrogen) atoms. The lowest BCUT2D eigenvalue weighted by molar-refractivity contribution is -0.384. The van der Waals surface area contributed by atoms with Crippen molar-refractivity contribution in [3.8, 4) is 0 Å². The number of esters is 1. The third kappa shape index (κ3) is 3.98. The monoisotopic (exact) mass is 431 g/mol. The molecule has 1 heterocycles. The fourth-order valence-corrected chi connectivity index (χ4v) is 3.00. The standard InChI is InChI=1S/C19H14ClN3O7/c1-10(22-17(25)12-4-2-3-5-13(12)18(22)26)19(27)30-9-16(24)21-15-8-11(23(28)29)6-7-14(15)20/h2-8,10H,9H2,1H3,(H,21,24)/t10-/m0/s1. The van der Waals surface area contributed by atoms with Crippen LogP contribution in [0.2, 0.25) is 5.02 Å². The molecule has 3 amide bonds. The van der Waals surface area contributed by atoms with E-state index >= 15 is 0 Å². The van der Waals surface area contributed by atoms with E-state index < -0.39 is 41.3 Å². The molecule has 0 aliphatic carbocycles. The number of halogens is 1. The lowest BCUT2D eigenvalue weighted by Crippen LogP contribution is -2.44. The van der Waals surface area contributed by atoms with Crippen molar-refractivity contribution in [2.75, 3.05) is 11.9 Å². The Labute approximate surface area is 174 Å². The van der Waals surface area contributed by atoms with Gasteiger partial charge in [0.05, 0.1) is 26.8 Å². The number of rotatable bonds is 6. The number of nitro groups is 1. The van der Waals surface area contributed by atoms with Gasteiger partial charge in [0, 0.05) is 12.1 Å². The topological polar surface area (TPSA) is 136 Å². The van der Waals surface area contributed by atoms with Gasteiger partial charge in [-0.3, -0.25) is 29.4 Å². The number of nitrogens with zero attached hydrogens (tertiary/aromatic N) is 2. The van der Waals surface area contributed by atoms with Crippen LogP contribution >= 0.6 is 11.6 Å². The first-order valence-corrected chi connectivity index (χ1v) is 8.96. The number of nitrogens with one attached hydrogen (secondary N) is 1. The Hall–Kier alpha value is -3.79. The Morgan fingerprint density at radius 2 is 1.77 bits per heavy atom. The number of hydrogen-bond donors (Lipinski definition) is 1. The first-order valence-electron chi connectivity index (χ1n) is 8.58. The third-order valence-electron chi connectivity index (χ3n) is 4.33. The van der Waals surface area contributed by atoms with Crippen LogP contribution in [0.3, 0.4) is 0 Å². The van der Waals surface area contributed by atoms with Crippen LogP contribution in [0.1, 0.15) is 27.6 Å². The third-order valence-corrected chi connectivity index (χ3v) is 4.66. The van der Waals surface area contributed by atoms with Crippen molar-refractivity contribution in [1.82, 2.24) is 4.90 Å². The Morgan fingerprint density at radius 1 is 1.17 bits per heavy atom. The molecule has 0 aromatic heterocycles. The SMILES string of the molecule is C[C@@H](C(=O)OCC(=O)Nc1cc([N+](=O)[O-])ccc1Cl)N1C(=O)c2ccccc2C1=O. The van der Waals surface area contributed by atoms with Gasteiger partial charge in [-0.15, -0.1) is 0 Å². The summed E-state index contributed by atoms with van der Waals surface area (Å²) < 4.78 is 4.89. The summed E-state index contributed by atoms with van der Waals surface area (Å²) in [5.41, 5.74) is 0.0478. The van der Waals surface area contributed by atoms with E-state index in [-0.39, 0.29) is 27.5 Å². The molecule has 2 aromatic rings. The number of hydrogen-bond acceptors (Lipinski definition) is 7. The van der Waals surface area contributed by atoms with Gasteiger partial charge in [0.1, 0.15) is 6.04 Å². The summed E-state index contributed by atoms with van der Waals surface area (Å²) in [6.07, 6.45) is 0. The van der Waals surface area contributed by atoms with Gasteiger partial charge in [-0.05, 0) is 25.1 Å². The maximum atomic E-state index is 12.4. The predicted molar refractivity (Wildman–Crippen MR) is 104 cm³/mol. The van der Waals surface area contributed by atoms with Crippen LogP contribution in [-0.2, 0) is 14.3 Å². The average Bonchev–Trinajstić information content (AvgIpc) is 2.97. The molecule has 0 fully saturated rings. The van der Waals surface area contributed by atoms with Crippen molar-refractivity contribution in [3.05, 3.63) is 68.7 Å². The van der Waals surface area contributed by atoms with Crippen molar-refractivity contribution >= 4 is 46.7 Å². The van der Waals surface area contributed by atoms with E-state index in [0.29, 0.717) is 0 Å². The van der Waals surface area contributed by atoms with Crippen molar-refractivity contribution in [2.45, 2.75) is 13.0 Å². The van der Waals surface area contributed by atoms with Gasteiger partial charge in [-0.1, -0.05) is 23.7 Å². The van der Waals surface area contributed by atoms with E-state index in [4.69, 9.17) is 16.3 Å². The zero-order valence-corrected chi connectivity index (χ0v) is 16.2. The van der Waals surface area contributed by atoms with Gasteiger partial charge in [0.15, 0.2) is 6.61 Å². The second-order valence-electron chi connectivity index (χ2n) is 6.28. The maximum absolute atomic E-state index is 12.4. The van der Waals surface area contributed by atoms with Gasteiger partial charge < -0.3 is 10.1 Å². The van der Waals surface area contributed by atoms with Gasteiger partial charge in [0.2, 0.25) is 0 Å². The molecule has 10 nitrogen and oxygen atoms in total. The summed E-state index contributed by atoms with van der Waals surface area (Å²) in [7, 11) is 0. The van der Waals surface area contributed by atoms with Crippen molar-refractivity contribution in [3.63, 3.8) is 0 Å². The normalized spacial score (nSPS) is 13.6. The number of carbonyl (C=O) groups excluding carboxylic acids is 4. The van der Waals surface area contributed by atoms with Crippen LogP contribution in [0.4, 0.5) is 11.4 Å². The number of amides is 3. The summed E-state index contributed by atoms with van der Waals surface area (Å²) >= 11 is 5.89. The van der Waals surface area contributed by atoms with Gasteiger partial charge in [-0.25, -0.2) is 4.79 Å². The van der Waals surface area contributed by atoms with E-state index in [2.05, 4.69) is 5.32 Å². The number of ether oxygens (including phenoxy) is 1. The quantitative estimate of drug-likeness (QED) is 0.321. The van der Waals surface area contributed by atoms with E-state index in [0.717, 1.165) is 11.0 Å². The van der Waals surface area contributed by atoms with Crippen LogP contribution in [0, 0.1) is 10.1 Å². The minimum Gasteiger partial charge on any atom is -0.454 e. The summed E-state index contributed by atoms with van der Waals surface area (Å²) in [6, 6.07) is 8.36. The molecule has 1 aliphatic rings. The number of carbonyl (C=O) groups is 4. The van der Waals surface area contributed by atoms with E-state index in [9.17, 15) is 29.3 Å². The minimum atomic E-state index is -1.26. The minimum absolute atomic E-state index is 0.0275. The molecule has 1 N–H and O–H groups in total. The van der Waals surface area contributed by atoms with E-state index in [1.165, 1.54) is 31.2 Å². The van der Waals surface area contributed by atoms with Gasteiger partial charge in [-0.2, -0.15) is 0 Å². The highest BCUT2D eigenvalue weighted by atomic mass is 35.5. The molecule has 0 unspecified atom stereocenters. The fraction of sp³-hybridized carbons (Fsp3) is 0.158. The lowest BCUT2D eigenvalue weighted by Gasteiger charge is -2.20. The average molecular weight is 432 g/mol. The molecule has 0 spiro atoms. The van der Waals surface area contributed by atoms with E-state index in [1.54, 1.807) is 12.1 Å². The van der Waals surface area contributed by atoms with Crippen LogP contribution in [0.5, 0.6) is 0 Å². The molecule has 154 valence electrons. The number of nitro benzene ring substituents is 1. The zero-order chi connectivity index (χ0) is 22.0. The molecular formula is C19H14ClN3O7. The molecule has 0 saturated carbocycles. The second-order valence-corrected chi connectivity index (χ2v) is 6.69. The number of anilines is 1. The second kappa shape index (κ2) is 8.29. The largest absolute Gasteiger partial charge is 0.454 e. The lowest BCUT2D eigenvalue weighted by atomic mass is 10.1.